The lowest BCUT2D eigenvalue weighted by molar-refractivity contribution is -0.121. The Morgan fingerprint density at radius 1 is 1.45 bits per heavy atom. The first-order chi connectivity index (χ1) is 9.44. The van der Waals surface area contributed by atoms with Crippen molar-refractivity contribution in [2.24, 2.45) is 5.41 Å². The van der Waals surface area contributed by atoms with Crippen molar-refractivity contribution in [3.05, 3.63) is 23.4 Å². The normalized spacial score (nSPS) is 11.6. The van der Waals surface area contributed by atoms with Crippen LogP contribution in [-0.2, 0) is 11.2 Å². The summed E-state index contributed by atoms with van der Waals surface area (Å²) in [5.41, 5.74) is 0.0898. The molecule has 0 fully saturated rings. The van der Waals surface area contributed by atoms with Crippen LogP contribution in [0, 0.1) is 5.41 Å². The largest absolute Gasteiger partial charge is 0.356 e. The number of aromatic nitrogens is 2. The average Bonchev–Trinajstić information content (AvgIpc) is 3.03. The molecule has 0 aliphatic carbocycles. The first-order valence-electron chi connectivity index (χ1n) is 6.57. The molecule has 0 saturated heterocycles. The minimum Gasteiger partial charge on any atom is -0.356 e. The Labute approximate surface area is 122 Å². The highest BCUT2D eigenvalue weighted by atomic mass is 32.1. The maximum Gasteiger partial charge on any atom is 0.227 e. The molecule has 0 saturated carbocycles. The summed E-state index contributed by atoms with van der Waals surface area (Å²) >= 11 is 1.56. The van der Waals surface area contributed by atoms with Crippen LogP contribution in [0.25, 0.3) is 10.7 Å². The zero-order valence-electron chi connectivity index (χ0n) is 12.0. The van der Waals surface area contributed by atoms with Crippen molar-refractivity contribution in [3.8, 4) is 10.7 Å². The smallest absolute Gasteiger partial charge is 0.227 e. The average molecular weight is 293 g/mol. The van der Waals surface area contributed by atoms with Crippen LogP contribution in [0.15, 0.2) is 22.0 Å². The molecule has 0 radical (unpaired) electrons. The molecule has 0 aliphatic rings. The Kier molecular flexibility index (Phi) is 4.54. The monoisotopic (exact) mass is 293 g/mol. The molecule has 0 aliphatic heterocycles. The summed E-state index contributed by atoms with van der Waals surface area (Å²) in [5.74, 6) is 1.10. The molecule has 5 nitrogen and oxygen atoms in total. The van der Waals surface area contributed by atoms with E-state index in [2.05, 4.69) is 36.2 Å². The number of aryl methyl sites for hydroxylation is 1. The summed E-state index contributed by atoms with van der Waals surface area (Å²) in [4.78, 5) is 17.0. The van der Waals surface area contributed by atoms with E-state index < -0.39 is 0 Å². The lowest BCUT2D eigenvalue weighted by Gasteiger charge is -2.18. The highest BCUT2D eigenvalue weighted by Crippen LogP contribution is 2.21. The minimum atomic E-state index is 0.01000. The number of hydrogen-bond donors (Lipinski definition) is 1. The molecule has 0 atom stereocenters. The Hall–Kier alpha value is -1.69. The van der Waals surface area contributed by atoms with Gasteiger partial charge in [0.1, 0.15) is 0 Å². The van der Waals surface area contributed by atoms with E-state index >= 15 is 0 Å². The molecule has 0 aromatic carbocycles. The number of carbonyl (C=O) groups excluding carboxylic acids is 1. The minimum absolute atomic E-state index is 0.01000. The number of nitrogens with one attached hydrogen (secondary N) is 1. The molecule has 2 aromatic rings. The Balaban J connectivity index is 1.81. The van der Waals surface area contributed by atoms with E-state index in [1.807, 2.05) is 17.5 Å². The van der Waals surface area contributed by atoms with E-state index in [0.29, 0.717) is 31.1 Å². The fourth-order valence-corrected chi connectivity index (χ4v) is 2.18. The number of thiophene rings is 1. The van der Waals surface area contributed by atoms with Gasteiger partial charge in [0, 0.05) is 19.4 Å². The zero-order valence-corrected chi connectivity index (χ0v) is 12.8. The van der Waals surface area contributed by atoms with Gasteiger partial charge >= 0.3 is 0 Å². The third kappa shape index (κ3) is 4.45. The van der Waals surface area contributed by atoms with Crippen LogP contribution in [0.5, 0.6) is 0 Å². The van der Waals surface area contributed by atoms with Crippen LogP contribution in [0.2, 0.25) is 0 Å². The van der Waals surface area contributed by atoms with Gasteiger partial charge < -0.3 is 9.84 Å². The standard InChI is InChI=1S/C14H19N3O2S/c1-14(2,3)9-15-11(18)6-7-12-16-13(17-19-12)10-5-4-8-20-10/h4-5,8H,6-7,9H2,1-3H3,(H,15,18). The molecular formula is C14H19N3O2S. The molecule has 108 valence electrons. The van der Waals surface area contributed by atoms with Crippen molar-refractivity contribution >= 4 is 17.2 Å². The summed E-state index contributed by atoms with van der Waals surface area (Å²) in [6.07, 6.45) is 0.830. The van der Waals surface area contributed by atoms with Crippen LogP contribution < -0.4 is 5.32 Å². The van der Waals surface area contributed by atoms with Gasteiger partial charge in [0.2, 0.25) is 17.6 Å². The topological polar surface area (TPSA) is 68.0 Å². The molecule has 0 bridgehead atoms. The summed E-state index contributed by atoms with van der Waals surface area (Å²) in [7, 11) is 0. The van der Waals surface area contributed by atoms with Crippen molar-refractivity contribution in [3.63, 3.8) is 0 Å². The number of nitrogens with zero attached hydrogens (tertiary/aromatic N) is 2. The molecule has 2 heterocycles. The summed E-state index contributed by atoms with van der Waals surface area (Å²) in [5, 5.41) is 8.78. The number of carbonyl (C=O) groups is 1. The van der Waals surface area contributed by atoms with Crippen molar-refractivity contribution in [2.45, 2.75) is 33.6 Å². The third-order valence-corrected chi connectivity index (χ3v) is 3.46. The summed E-state index contributed by atoms with van der Waals surface area (Å²) in [6, 6.07) is 3.88. The third-order valence-electron chi connectivity index (χ3n) is 2.59. The van der Waals surface area contributed by atoms with Gasteiger partial charge in [0.15, 0.2) is 0 Å². The van der Waals surface area contributed by atoms with E-state index in [1.54, 1.807) is 11.3 Å². The van der Waals surface area contributed by atoms with E-state index in [9.17, 15) is 4.79 Å². The maximum atomic E-state index is 11.7. The number of hydrogen-bond acceptors (Lipinski definition) is 5. The molecule has 1 amide bonds. The molecule has 0 spiro atoms. The Bertz CT molecular complexity index is 555. The van der Waals surface area contributed by atoms with Crippen molar-refractivity contribution in [1.82, 2.24) is 15.5 Å². The Morgan fingerprint density at radius 2 is 2.25 bits per heavy atom. The van der Waals surface area contributed by atoms with Crippen molar-refractivity contribution in [2.75, 3.05) is 6.54 Å². The van der Waals surface area contributed by atoms with E-state index in [0.717, 1.165) is 4.88 Å². The second-order valence-corrected chi connectivity index (χ2v) is 6.77. The van der Waals surface area contributed by atoms with Gasteiger partial charge in [-0.1, -0.05) is 32.0 Å². The highest BCUT2D eigenvalue weighted by molar-refractivity contribution is 7.13. The lowest BCUT2D eigenvalue weighted by atomic mass is 9.97. The first kappa shape index (κ1) is 14.7. The molecule has 2 rings (SSSR count). The molecule has 0 unspecified atom stereocenters. The van der Waals surface area contributed by atoms with Gasteiger partial charge in [-0.25, -0.2) is 0 Å². The molecule has 1 N–H and O–H groups in total. The van der Waals surface area contributed by atoms with Gasteiger partial charge in [0.25, 0.3) is 0 Å². The quantitative estimate of drug-likeness (QED) is 0.920. The van der Waals surface area contributed by atoms with Gasteiger partial charge in [-0.15, -0.1) is 11.3 Å². The van der Waals surface area contributed by atoms with Gasteiger partial charge in [0.05, 0.1) is 4.88 Å². The summed E-state index contributed by atoms with van der Waals surface area (Å²) in [6.45, 7) is 6.91. The predicted octanol–water partition coefficient (Wildman–Crippen LogP) is 2.89. The second kappa shape index (κ2) is 6.17. The highest BCUT2D eigenvalue weighted by Gasteiger charge is 2.14. The van der Waals surface area contributed by atoms with E-state index in [1.165, 1.54) is 0 Å². The molecule has 20 heavy (non-hydrogen) atoms. The van der Waals surface area contributed by atoms with Gasteiger partial charge in [-0.3, -0.25) is 4.79 Å². The van der Waals surface area contributed by atoms with Crippen LogP contribution in [0.1, 0.15) is 33.1 Å². The summed E-state index contributed by atoms with van der Waals surface area (Å²) < 4.78 is 5.15. The van der Waals surface area contributed by atoms with Gasteiger partial charge in [-0.05, 0) is 16.9 Å². The van der Waals surface area contributed by atoms with Gasteiger partial charge in [-0.2, -0.15) is 4.98 Å². The Morgan fingerprint density at radius 3 is 2.90 bits per heavy atom. The molecule has 2 aromatic heterocycles. The van der Waals surface area contributed by atoms with E-state index in [4.69, 9.17) is 4.52 Å². The second-order valence-electron chi connectivity index (χ2n) is 5.83. The maximum absolute atomic E-state index is 11.7. The van der Waals surface area contributed by atoms with Crippen molar-refractivity contribution in [1.29, 1.82) is 0 Å². The van der Waals surface area contributed by atoms with Crippen LogP contribution in [0.4, 0.5) is 0 Å². The number of rotatable bonds is 5. The SMILES string of the molecule is CC(C)(C)CNC(=O)CCc1nc(-c2cccs2)no1. The number of amides is 1. The first-order valence-corrected chi connectivity index (χ1v) is 7.45. The fraction of sp³-hybridized carbons (Fsp3) is 0.500. The lowest BCUT2D eigenvalue weighted by Crippen LogP contribution is -2.32. The van der Waals surface area contributed by atoms with Crippen LogP contribution in [0.3, 0.4) is 0 Å². The van der Waals surface area contributed by atoms with E-state index in [-0.39, 0.29) is 11.3 Å². The zero-order chi connectivity index (χ0) is 14.6. The van der Waals surface area contributed by atoms with Crippen LogP contribution in [-0.4, -0.2) is 22.6 Å². The molecule has 6 heteroatoms. The van der Waals surface area contributed by atoms with Crippen LogP contribution >= 0.6 is 11.3 Å². The predicted molar refractivity (Wildman–Crippen MR) is 78.4 cm³/mol. The fourth-order valence-electron chi connectivity index (χ4n) is 1.53. The van der Waals surface area contributed by atoms with Crippen molar-refractivity contribution < 1.29 is 9.32 Å². The molecular weight excluding hydrogens is 274 g/mol.